The SMILES string of the molecule is COc1cc(OC)c(F)c(-c2cc3cnc(-c4cccnc4)nc3c(N3CCOCC3)n2)c1F. The highest BCUT2D eigenvalue weighted by molar-refractivity contribution is 5.92. The fourth-order valence-corrected chi connectivity index (χ4v) is 3.89. The number of ether oxygens (including phenoxy) is 3. The monoisotopic (exact) mass is 465 g/mol. The van der Waals surface area contributed by atoms with Gasteiger partial charge in [0, 0.05) is 48.7 Å². The molecule has 4 aromatic rings. The Morgan fingerprint density at radius 3 is 2.35 bits per heavy atom. The second kappa shape index (κ2) is 9.14. The molecule has 1 fully saturated rings. The maximum atomic E-state index is 15.3. The van der Waals surface area contributed by atoms with E-state index in [-0.39, 0.29) is 22.8 Å². The zero-order valence-electron chi connectivity index (χ0n) is 18.6. The number of morpholine rings is 1. The predicted molar refractivity (Wildman–Crippen MR) is 122 cm³/mol. The first-order valence-electron chi connectivity index (χ1n) is 10.6. The smallest absolute Gasteiger partial charge is 0.177 e. The van der Waals surface area contributed by atoms with E-state index < -0.39 is 11.6 Å². The summed E-state index contributed by atoms with van der Waals surface area (Å²) in [5.74, 6) is -1.06. The molecule has 10 heteroatoms. The molecule has 0 unspecified atom stereocenters. The second-order valence-corrected chi connectivity index (χ2v) is 7.59. The Labute approximate surface area is 194 Å². The summed E-state index contributed by atoms with van der Waals surface area (Å²) in [6.45, 7) is 2.13. The molecule has 0 aliphatic carbocycles. The van der Waals surface area contributed by atoms with Crippen LogP contribution >= 0.6 is 0 Å². The highest BCUT2D eigenvalue weighted by Gasteiger charge is 2.25. The van der Waals surface area contributed by atoms with Crippen molar-refractivity contribution in [3.8, 4) is 34.1 Å². The van der Waals surface area contributed by atoms with E-state index in [2.05, 4.69) is 15.0 Å². The van der Waals surface area contributed by atoms with E-state index in [1.165, 1.54) is 20.3 Å². The summed E-state index contributed by atoms with van der Waals surface area (Å²) in [7, 11) is 2.61. The Kier molecular flexibility index (Phi) is 5.89. The molecule has 5 rings (SSSR count). The number of rotatable bonds is 5. The van der Waals surface area contributed by atoms with Gasteiger partial charge in [-0.2, -0.15) is 0 Å². The summed E-state index contributed by atoms with van der Waals surface area (Å²) in [4.78, 5) is 20.0. The molecule has 3 aromatic heterocycles. The zero-order chi connectivity index (χ0) is 23.7. The van der Waals surface area contributed by atoms with Crippen molar-refractivity contribution in [2.75, 3.05) is 45.4 Å². The van der Waals surface area contributed by atoms with Gasteiger partial charge in [-0.1, -0.05) is 0 Å². The highest BCUT2D eigenvalue weighted by Crippen LogP contribution is 2.39. The highest BCUT2D eigenvalue weighted by atomic mass is 19.1. The third kappa shape index (κ3) is 3.86. The molecule has 1 saturated heterocycles. The Morgan fingerprint density at radius 1 is 0.971 bits per heavy atom. The van der Waals surface area contributed by atoms with Crippen molar-refractivity contribution in [3.63, 3.8) is 0 Å². The number of methoxy groups -OCH3 is 2. The van der Waals surface area contributed by atoms with Gasteiger partial charge >= 0.3 is 0 Å². The summed E-state index contributed by atoms with van der Waals surface area (Å²) in [6, 6.07) is 6.39. The van der Waals surface area contributed by atoms with Gasteiger partial charge in [-0.3, -0.25) is 4.98 Å². The summed E-state index contributed by atoms with van der Waals surface area (Å²) >= 11 is 0. The number of anilines is 1. The van der Waals surface area contributed by atoms with E-state index in [1.807, 2.05) is 11.0 Å². The third-order valence-electron chi connectivity index (χ3n) is 5.61. The number of hydrogen-bond donors (Lipinski definition) is 0. The molecule has 0 spiro atoms. The van der Waals surface area contributed by atoms with Gasteiger partial charge in [0.25, 0.3) is 0 Å². The van der Waals surface area contributed by atoms with Crippen molar-refractivity contribution in [1.29, 1.82) is 0 Å². The normalized spacial score (nSPS) is 13.8. The molecule has 0 amide bonds. The van der Waals surface area contributed by atoms with E-state index in [4.69, 9.17) is 19.2 Å². The molecule has 1 aliphatic rings. The fraction of sp³-hybridized carbons (Fsp3) is 0.250. The standard InChI is InChI=1S/C24H21F2N5O3/c1-32-17-11-18(33-2)21(26)19(20(17)25)16-10-15-13-28-23(14-4-3-5-27-12-14)30-22(15)24(29-16)31-6-8-34-9-7-31/h3-5,10-13H,6-9H2,1-2H3. The van der Waals surface area contributed by atoms with Crippen LogP contribution < -0.4 is 14.4 Å². The van der Waals surface area contributed by atoms with E-state index in [9.17, 15) is 0 Å². The lowest BCUT2D eigenvalue weighted by Crippen LogP contribution is -2.37. The molecule has 0 atom stereocenters. The Bertz CT molecular complexity index is 1320. The first-order valence-corrected chi connectivity index (χ1v) is 10.6. The Balaban J connectivity index is 1.75. The van der Waals surface area contributed by atoms with Crippen LogP contribution in [0.1, 0.15) is 0 Å². The van der Waals surface area contributed by atoms with E-state index in [0.717, 1.165) is 5.56 Å². The lowest BCUT2D eigenvalue weighted by Gasteiger charge is -2.29. The number of pyridine rings is 2. The van der Waals surface area contributed by atoms with Crippen LogP contribution in [0.15, 0.2) is 42.9 Å². The van der Waals surface area contributed by atoms with Gasteiger partial charge in [-0.25, -0.2) is 23.7 Å². The van der Waals surface area contributed by atoms with Gasteiger partial charge in [0.1, 0.15) is 5.52 Å². The molecule has 0 N–H and O–H groups in total. The van der Waals surface area contributed by atoms with E-state index in [0.29, 0.717) is 48.8 Å². The number of aromatic nitrogens is 4. The third-order valence-corrected chi connectivity index (χ3v) is 5.61. The van der Waals surface area contributed by atoms with Crippen LogP contribution in [-0.2, 0) is 4.74 Å². The molecule has 1 aromatic carbocycles. The molecule has 0 saturated carbocycles. The lowest BCUT2D eigenvalue weighted by atomic mass is 10.1. The molecule has 0 bridgehead atoms. The molecule has 174 valence electrons. The number of nitrogens with zero attached hydrogens (tertiary/aromatic N) is 5. The average molecular weight is 465 g/mol. The van der Waals surface area contributed by atoms with Crippen LogP contribution in [-0.4, -0.2) is 60.5 Å². The van der Waals surface area contributed by atoms with Crippen molar-refractivity contribution in [2.24, 2.45) is 0 Å². The van der Waals surface area contributed by atoms with Gasteiger partial charge in [0.2, 0.25) is 0 Å². The molecule has 34 heavy (non-hydrogen) atoms. The predicted octanol–water partition coefficient (Wildman–Crippen LogP) is 3.89. The number of halogens is 2. The van der Waals surface area contributed by atoms with Crippen molar-refractivity contribution >= 4 is 16.7 Å². The van der Waals surface area contributed by atoms with Crippen LogP contribution in [0.5, 0.6) is 11.5 Å². The molecular weight excluding hydrogens is 444 g/mol. The van der Waals surface area contributed by atoms with E-state index >= 15 is 8.78 Å². The van der Waals surface area contributed by atoms with Gasteiger partial charge in [0.15, 0.2) is 34.8 Å². The van der Waals surface area contributed by atoms with Gasteiger partial charge in [-0.05, 0) is 18.2 Å². The van der Waals surface area contributed by atoms with Crippen molar-refractivity contribution < 1.29 is 23.0 Å². The minimum atomic E-state index is -0.867. The van der Waals surface area contributed by atoms with Crippen molar-refractivity contribution in [1.82, 2.24) is 19.9 Å². The molecule has 0 radical (unpaired) electrons. The number of hydrogen-bond acceptors (Lipinski definition) is 8. The molecule has 4 heterocycles. The van der Waals surface area contributed by atoms with Crippen LogP contribution in [0.25, 0.3) is 33.5 Å². The Hall–Kier alpha value is -3.92. The summed E-state index contributed by atoms with van der Waals surface area (Å²) in [6.07, 6.45) is 4.96. The maximum absolute atomic E-state index is 15.3. The van der Waals surface area contributed by atoms with Crippen LogP contribution in [0.4, 0.5) is 14.6 Å². The maximum Gasteiger partial charge on any atom is 0.177 e. The summed E-state index contributed by atoms with van der Waals surface area (Å²) in [5, 5.41) is 0.583. The number of fused-ring (bicyclic) bond motifs is 1. The first kappa shape index (κ1) is 21.9. The number of benzene rings is 1. The van der Waals surface area contributed by atoms with E-state index in [1.54, 1.807) is 30.7 Å². The fourth-order valence-electron chi connectivity index (χ4n) is 3.89. The van der Waals surface area contributed by atoms with Crippen LogP contribution in [0.3, 0.4) is 0 Å². The van der Waals surface area contributed by atoms with Crippen molar-refractivity contribution in [3.05, 3.63) is 54.5 Å². The first-order chi connectivity index (χ1) is 16.6. The average Bonchev–Trinajstić information content (AvgIpc) is 2.89. The van der Waals surface area contributed by atoms with Gasteiger partial charge < -0.3 is 19.1 Å². The molecular formula is C24H21F2N5O3. The lowest BCUT2D eigenvalue weighted by molar-refractivity contribution is 0.122. The second-order valence-electron chi connectivity index (χ2n) is 7.59. The zero-order valence-corrected chi connectivity index (χ0v) is 18.6. The summed E-state index contributed by atoms with van der Waals surface area (Å²) < 4.78 is 46.2. The summed E-state index contributed by atoms with van der Waals surface area (Å²) in [5.41, 5.74) is 1.05. The van der Waals surface area contributed by atoms with Crippen LogP contribution in [0.2, 0.25) is 0 Å². The van der Waals surface area contributed by atoms with Crippen LogP contribution in [0, 0.1) is 11.6 Å². The topological polar surface area (TPSA) is 82.5 Å². The minimum absolute atomic E-state index is 0.0823. The molecule has 1 aliphatic heterocycles. The Morgan fingerprint density at radius 2 is 1.71 bits per heavy atom. The minimum Gasteiger partial charge on any atom is -0.494 e. The van der Waals surface area contributed by atoms with Crippen molar-refractivity contribution in [2.45, 2.75) is 0 Å². The molecule has 8 nitrogen and oxygen atoms in total. The largest absolute Gasteiger partial charge is 0.494 e. The van der Waals surface area contributed by atoms with Gasteiger partial charge in [0.05, 0.1) is 38.7 Å². The quantitative estimate of drug-likeness (QED) is 0.439. The van der Waals surface area contributed by atoms with Gasteiger partial charge in [-0.15, -0.1) is 0 Å².